The molecule has 0 bridgehead atoms. The zero-order valence-corrected chi connectivity index (χ0v) is 40.6. The summed E-state index contributed by atoms with van der Waals surface area (Å²) in [7, 11) is 0. The van der Waals surface area contributed by atoms with E-state index in [2.05, 4.69) is 55.0 Å². The Morgan fingerprint density at radius 2 is 1.15 bits per heavy atom. The molecule has 0 radical (unpaired) electrons. The molecular weight excluding hydrogens is 865 g/mol. The Labute approximate surface area is 402 Å². The second-order valence-corrected chi connectivity index (χ2v) is 19.7. The van der Waals surface area contributed by atoms with Gasteiger partial charge < -0.3 is 45.1 Å². The van der Waals surface area contributed by atoms with Gasteiger partial charge in [0.2, 0.25) is 0 Å². The number of unbranched alkanes of at least 4 members (excludes halogenated alkanes) is 8. The van der Waals surface area contributed by atoms with Crippen LogP contribution in [0.3, 0.4) is 0 Å². The molecule has 6 unspecified atom stereocenters. The van der Waals surface area contributed by atoms with Crippen molar-refractivity contribution in [1.82, 2.24) is 16.0 Å². The van der Waals surface area contributed by atoms with Crippen LogP contribution < -0.4 is 31.5 Å². The molecule has 68 heavy (non-hydrogen) atoms. The zero-order valence-electron chi connectivity index (χ0n) is 40.6. The second-order valence-electron chi connectivity index (χ2n) is 19.7. The Morgan fingerprint density at radius 1 is 0.618 bits per heavy atom. The zero-order chi connectivity index (χ0) is 48.3. The predicted molar refractivity (Wildman–Crippen MR) is 256 cm³/mol. The third kappa shape index (κ3) is 11.7. The first kappa shape index (κ1) is 50.9. The van der Waals surface area contributed by atoms with Crippen molar-refractivity contribution in [1.29, 1.82) is 0 Å². The number of hydrogen-bond donors (Lipinski definition) is 4. The van der Waals surface area contributed by atoms with Gasteiger partial charge in [-0.2, -0.15) is 0 Å². The minimum absolute atomic E-state index is 0.0734. The second kappa shape index (κ2) is 23.6. The molecule has 372 valence electrons. The van der Waals surface area contributed by atoms with Gasteiger partial charge in [0.05, 0.1) is 0 Å². The number of benzene rings is 1. The summed E-state index contributed by atoms with van der Waals surface area (Å²) in [5.74, 6) is -4.08. The average Bonchev–Trinajstić information content (AvgIpc) is 3.33. The molecule has 2 aliphatic heterocycles. The van der Waals surface area contributed by atoms with Crippen molar-refractivity contribution in [3.8, 4) is 0 Å². The fourth-order valence-electron chi connectivity index (χ4n) is 10.7. The molecule has 6 atom stereocenters. The molecule has 14 nitrogen and oxygen atoms in total. The SMILES string of the molecule is CCCCCC(=O)OCC1(COC(=O)CCCCC)NC2=CC=CC3C=CC(C4C([O-])C(C5C=Cc6cccc7c6C5NC(COC(=O)CCCCC)(COC(=O)CCCCC)N7)C4[O-])=C(N1)C23. The van der Waals surface area contributed by atoms with Crippen LogP contribution in [0.4, 0.5) is 5.69 Å². The van der Waals surface area contributed by atoms with Crippen LogP contribution in [0.5, 0.6) is 0 Å². The van der Waals surface area contributed by atoms with Crippen molar-refractivity contribution in [2.24, 2.45) is 29.6 Å². The van der Waals surface area contributed by atoms with Gasteiger partial charge in [-0.3, -0.25) is 24.5 Å². The molecule has 1 saturated carbocycles. The van der Waals surface area contributed by atoms with Gasteiger partial charge in [-0.15, -0.1) is 12.2 Å². The van der Waals surface area contributed by atoms with Crippen molar-refractivity contribution in [3.05, 3.63) is 82.7 Å². The van der Waals surface area contributed by atoms with Gasteiger partial charge in [-0.1, -0.05) is 134 Å². The topological polar surface area (TPSA) is 199 Å². The van der Waals surface area contributed by atoms with Crippen LogP contribution in [0, 0.1) is 29.6 Å². The lowest BCUT2D eigenvalue weighted by Crippen LogP contribution is -2.73. The molecule has 1 saturated heterocycles. The summed E-state index contributed by atoms with van der Waals surface area (Å²) in [4.78, 5) is 52.2. The highest BCUT2D eigenvalue weighted by Gasteiger charge is 2.53. The monoisotopic (exact) mass is 939 g/mol. The van der Waals surface area contributed by atoms with Gasteiger partial charge in [-0.05, 0) is 60.8 Å². The van der Waals surface area contributed by atoms with Crippen LogP contribution in [-0.2, 0) is 38.1 Å². The maximum atomic E-state index is 15.0. The Bertz CT molecular complexity index is 2050. The summed E-state index contributed by atoms with van der Waals surface area (Å²) >= 11 is 0. The lowest BCUT2D eigenvalue weighted by Gasteiger charge is -2.66. The number of esters is 4. The van der Waals surface area contributed by atoms with Gasteiger partial charge in [0.15, 0.2) is 11.3 Å². The highest BCUT2D eigenvalue weighted by molar-refractivity contribution is 5.73. The smallest absolute Gasteiger partial charge is 0.305 e. The molecule has 1 aromatic carbocycles. The summed E-state index contributed by atoms with van der Waals surface area (Å²) in [6, 6.07) is 5.29. The first-order chi connectivity index (χ1) is 33.0. The molecule has 1 aromatic rings. The number of carbonyl (C=O) groups excluding carboxylic acids is 4. The van der Waals surface area contributed by atoms with Crippen molar-refractivity contribution in [2.75, 3.05) is 31.7 Å². The first-order valence-corrected chi connectivity index (χ1v) is 25.6. The van der Waals surface area contributed by atoms with Crippen molar-refractivity contribution >= 4 is 35.6 Å². The van der Waals surface area contributed by atoms with Crippen molar-refractivity contribution in [2.45, 2.75) is 160 Å². The Kier molecular flexibility index (Phi) is 17.7. The van der Waals surface area contributed by atoms with E-state index >= 15 is 10.2 Å². The van der Waals surface area contributed by atoms with E-state index in [-0.39, 0.29) is 87.8 Å². The molecule has 0 amide bonds. The van der Waals surface area contributed by atoms with Crippen LogP contribution in [-0.4, -0.2) is 73.8 Å². The summed E-state index contributed by atoms with van der Waals surface area (Å²) in [5, 5.41) is 44.4. The summed E-state index contributed by atoms with van der Waals surface area (Å²) < 4.78 is 23.6. The fourth-order valence-corrected chi connectivity index (χ4v) is 10.7. The molecule has 4 aliphatic carbocycles. The number of anilines is 1. The molecule has 14 heteroatoms. The predicted octanol–water partition coefficient (Wildman–Crippen LogP) is 6.68. The van der Waals surface area contributed by atoms with Crippen LogP contribution >= 0.6 is 0 Å². The van der Waals surface area contributed by atoms with E-state index in [1.807, 2.05) is 54.7 Å². The number of nitrogens with one attached hydrogen (secondary N) is 4. The fraction of sp³-hybridized carbons (Fsp3) is 0.630. The number of ether oxygens (including phenoxy) is 4. The van der Waals surface area contributed by atoms with E-state index in [4.69, 9.17) is 18.9 Å². The third-order valence-electron chi connectivity index (χ3n) is 14.5. The van der Waals surface area contributed by atoms with Gasteiger partial charge in [0, 0.05) is 66.2 Å². The van der Waals surface area contributed by atoms with Gasteiger partial charge in [0.25, 0.3) is 0 Å². The maximum Gasteiger partial charge on any atom is 0.305 e. The minimum atomic E-state index is -1.31. The van der Waals surface area contributed by atoms with E-state index in [1.165, 1.54) is 0 Å². The average molecular weight is 939 g/mol. The van der Waals surface area contributed by atoms with E-state index in [0.29, 0.717) is 37.0 Å². The number of allylic oxidation sites excluding steroid dienone is 5. The third-order valence-corrected chi connectivity index (χ3v) is 14.5. The molecule has 0 aromatic heterocycles. The lowest BCUT2D eigenvalue weighted by atomic mass is 9.56. The Morgan fingerprint density at radius 3 is 1.68 bits per heavy atom. The van der Waals surface area contributed by atoms with Crippen LogP contribution in [0.1, 0.15) is 148 Å². The first-order valence-electron chi connectivity index (χ1n) is 25.6. The van der Waals surface area contributed by atoms with Gasteiger partial charge in [0.1, 0.15) is 26.4 Å². The highest BCUT2D eigenvalue weighted by atomic mass is 16.6. The van der Waals surface area contributed by atoms with Crippen molar-refractivity contribution in [3.63, 3.8) is 0 Å². The quantitative estimate of drug-likeness (QED) is 0.0436. The molecule has 0 spiro atoms. The molecular formula is C54H74N4O10-2. The van der Waals surface area contributed by atoms with Crippen LogP contribution in [0.2, 0.25) is 0 Å². The molecule has 2 heterocycles. The maximum absolute atomic E-state index is 15.0. The Hall–Kier alpha value is -4.92. The summed E-state index contributed by atoms with van der Waals surface area (Å²) in [5.41, 5.74) is 2.16. The molecule has 2 fully saturated rings. The molecule has 6 aliphatic rings. The normalized spacial score (nSPS) is 26.4. The van der Waals surface area contributed by atoms with Crippen LogP contribution in [0.25, 0.3) is 6.08 Å². The summed E-state index contributed by atoms with van der Waals surface area (Å²) in [6.45, 7) is 7.66. The standard InChI is InChI=1S/C54H74N4O10/c1-5-9-13-23-41(59)65-31-53(32-66-42(60)24-14-10-6-2)55-39-21-17-19-35-27-29-37(49(57-53)45(35)39)47-51(63)48(52(47)64)38-30-28-36-20-18-22-40-46(36)50(38)58-54(56-40,33-67-43(61)25-15-11-7-3)34-68-44(62)26-16-12-8-4/h17-22,27-30,35,38,45,47-48,50-52,55-58H,5-16,23-26,31-34H2,1-4H3/q-2. The summed E-state index contributed by atoms with van der Waals surface area (Å²) in [6.07, 6.45) is 22.5. The van der Waals surface area contributed by atoms with Crippen LogP contribution in [0.15, 0.2) is 71.6 Å². The number of carbonyl (C=O) groups is 4. The van der Waals surface area contributed by atoms with Gasteiger partial charge in [-0.25, -0.2) is 0 Å². The minimum Gasteiger partial charge on any atom is -0.851 e. The Balaban J connectivity index is 1.17. The van der Waals surface area contributed by atoms with E-state index in [9.17, 15) is 19.2 Å². The van der Waals surface area contributed by atoms with E-state index < -0.39 is 47.3 Å². The highest BCUT2D eigenvalue weighted by Crippen LogP contribution is 2.53. The largest absolute Gasteiger partial charge is 0.851 e. The van der Waals surface area contributed by atoms with Crippen molar-refractivity contribution < 1.29 is 48.3 Å². The number of hydrogen-bond acceptors (Lipinski definition) is 14. The molecule has 4 N–H and O–H groups in total. The number of rotatable bonds is 26. The van der Waals surface area contributed by atoms with Gasteiger partial charge >= 0.3 is 23.9 Å². The van der Waals surface area contributed by atoms with E-state index in [0.717, 1.165) is 73.9 Å². The lowest BCUT2D eigenvalue weighted by molar-refractivity contribution is -0.561. The van der Waals surface area contributed by atoms with E-state index in [1.54, 1.807) is 0 Å². The molecule has 7 rings (SSSR count).